The Hall–Kier alpha value is -2.85. The third-order valence-corrected chi connectivity index (χ3v) is 5.04. The van der Waals surface area contributed by atoms with Gasteiger partial charge in [-0.05, 0) is 29.8 Å². The van der Waals surface area contributed by atoms with Crippen LogP contribution in [0.5, 0.6) is 0 Å². The lowest BCUT2D eigenvalue weighted by molar-refractivity contribution is -0.137. The average molecular weight is 507 g/mol. The van der Waals surface area contributed by atoms with E-state index in [1.54, 1.807) is 4.90 Å². The molecule has 32 heavy (non-hydrogen) atoms. The van der Waals surface area contributed by atoms with E-state index >= 15 is 0 Å². The number of hydrogen-bond acceptors (Lipinski definition) is 5. The molecule has 0 heterocycles. The summed E-state index contributed by atoms with van der Waals surface area (Å²) in [5.74, 6) is -5.07. The molecule has 0 aliphatic heterocycles. The molecular formula is C20H18Cl3NO8. The van der Waals surface area contributed by atoms with Crippen LogP contribution < -0.4 is 0 Å². The van der Waals surface area contributed by atoms with Crippen LogP contribution in [0.1, 0.15) is 48.6 Å². The maximum Gasteiger partial charge on any atom is 0.336 e. The molecule has 2 aromatic carbocycles. The molecule has 0 radical (unpaired) electrons. The zero-order valence-electron chi connectivity index (χ0n) is 16.2. The lowest BCUT2D eigenvalue weighted by Gasteiger charge is -2.23. The maximum absolute atomic E-state index is 11.4. The Labute approximate surface area is 198 Å². The highest BCUT2D eigenvalue weighted by atomic mass is 35.5. The molecule has 0 spiro atoms. The summed E-state index contributed by atoms with van der Waals surface area (Å²) in [5, 5.41) is 36.7. The van der Waals surface area contributed by atoms with Crippen LogP contribution in [-0.2, 0) is 17.9 Å². The van der Waals surface area contributed by atoms with Crippen molar-refractivity contribution in [2.75, 3.05) is 6.54 Å². The van der Waals surface area contributed by atoms with Crippen molar-refractivity contribution in [3.63, 3.8) is 0 Å². The monoisotopic (exact) mass is 505 g/mol. The third-order valence-electron chi connectivity index (χ3n) is 4.36. The van der Waals surface area contributed by atoms with Crippen LogP contribution >= 0.6 is 35.6 Å². The zero-order valence-corrected chi connectivity index (χ0v) is 18.6. The van der Waals surface area contributed by atoms with Gasteiger partial charge in [0.1, 0.15) is 0 Å². The fourth-order valence-electron chi connectivity index (χ4n) is 2.88. The molecule has 0 aliphatic carbocycles. The zero-order chi connectivity index (χ0) is 23.3. The first-order valence-electron chi connectivity index (χ1n) is 8.74. The molecular weight excluding hydrogens is 489 g/mol. The minimum absolute atomic E-state index is 0. The highest BCUT2D eigenvalue weighted by Gasteiger charge is 2.20. The van der Waals surface area contributed by atoms with E-state index in [0.29, 0.717) is 11.1 Å². The van der Waals surface area contributed by atoms with Crippen molar-refractivity contribution in [2.45, 2.75) is 19.5 Å². The van der Waals surface area contributed by atoms with Crippen LogP contribution in [0.25, 0.3) is 0 Å². The van der Waals surface area contributed by atoms with Crippen molar-refractivity contribution in [2.24, 2.45) is 0 Å². The van der Waals surface area contributed by atoms with E-state index < -0.39 is 29.4 Å². The molecule has 0 aliphatic rings. The van der Waals surface area contributed by atoms with Gasteiger partial charge in [0.15, 0.2) is 0 Å². The Bertz CT molecular complexity index is 1030. The van der Waals surface area contributed by atoms with Gasteiger partial charge in [0.05, 0.1) is 23.1 Å². The predicted molar refractivity (Wildman–Crippen MR) is 117 cm³/mol. The third kappa shape index (κ3) is 7.10. The second-order valence-electron chi connectivity index (χ2n) is 6.57. The maximum atomic E-state index is 11.4. The van der Waals surface area contributed by atoms with Crippen LogP contribution in [0.3, 0.4) is 0 Å². The fraction of sp³-hybridized carbons (Fsp3) is 0.200. The van der Waals surface area contributed by atoms with Crippen molar-refractivity contribution in [1.82, 2.24) is 4.90 Å². The van der Waals surface area contributed by atoms with Crippen molar-refractivity contribution in [3.8, 4) is 0 Å². The Morgan fingerprint density at radius 1 is 0.781 bits per heavy atom. The average Bonchev–Trinajstić information content (AvgIpc) is 2.67. The second kappa shape index (κ2) is 11.7. The topological polar surface area (TPSA) is 152 Å². The number of aromatic carboxylic acids is 3. The number of carboxylic acid groups (broad SMARTS) is 4. The fourth-order valence-corrected chi connectivity index (χ4v) is 3.49. The minimum Gasteiger partial charge on any atom is -0.481 e. The molecule has 9 nitrogen and oxygen atoms in total. The molecule has 0 aromatic heterocycles. The van der Waals surface area contributed by atoms with Gasteiger partial charge in [-0.15, -0.1) is 12.4 Å². The van der Waals surface area contributed by atoms with Crippen molar-refractivity contribution >= 4 is 59.5 Å². The van der Waals surface area contributed by atoms with Gasteiger partial charge in [0, 0.05) is 35.2 Å². The first-order chi connectivity index (χ1) is 14.5. The molecule has 2 rings (SSSR count). The summed E-state index contributed by atoms with van der Waals surface area (Å²) in [5.41, 5.74) is -0.0681. The second-order valence-corrected chi connectivity index (χ2v) is 7.38. The predicted octanol–water partition coefficient (Wildman–Crippen LogP) is 3.99. The normalized spacial score (nSPS) is 10.5. The van der Waals surface area contributed by atoms with Crippen LogP contribution in [0.2, 0.25) is 10.0 Å². The van der Waals surface area contributed by atoms with E-state index in [2.05, 4.69) is 0 Å². The van der Waals surface area contributed by atoms with Gasteiger partial charge in [-0.1, -0.05) is 29.3 Å². The molecule has 0 bridgehead atoms. The standard InChI is InChI=1S/C20H17Cl2NO8.ClH/c21-15-6-11(18(26)27)7-16(22)14(15)9-23(4-3-17(24)25)8-10-1-2-12(19(28)29)13(5-10)20(30)31;/h1-2,5-7H,3-4,8-9H2,(H,24,25)(H,26,27)(H,28,29)(H,30,31);1H. The van der Waals surface area contributed by atoms with Gasteiger partial charge >= 0.3 is 23.9 Å². The molecule has 12 heteroatoms. The van der Waals surface area contributed by atoms with E-state index in [9.17, 15) is 24.3 Å². The van der Waals surface area contributed by atoms with Crippen molar-refractivity contribution in [3.05, 3.63) is 68.2 Å². The lowest BCUT2D eigenvalue weighted by atomic mass is 10.0. The van der Waals surface area contributed by atoms with E-state index in [4.69, 9.17) is 38.5 Å². The van der Waals surface area contributed by atoms with E-state index in [1.165, 1.54) is 24.3 Å². The number of aliphatic carboxylic acids is 1. The van der Waals surface area contributed by atoms with Crippen molar-refractivity contribution < 1.29 is 39.6 Å². The molecule has 172 valence electrons. The number of nitrogens with zero attached hydrogens (tertiary/aromatic N) is 1. The molecule has 0 saturated carbocycles. The molecule has 0 fully saturated rings. The largest absolute Gasteiger partial charge is 0.481 e. The summed E-state index contributed by atoms with van der Waals surface area (Å²) in [7, 11) is 0. The Balaban J connectivity index is 0.00000512. The SMILES string of the molecule is Cl.O=C(O)CCN(Cc1ccc(C(=O)O)c(C(=O)O)c1)Cc1c(Cl)cc(C(=O)O)cc1Cl. The Morgan fingerprint density at radius 3 is 1.81 bits per heavy atom. The molecule has 2 aromatic rings. The van der Waals surface area contributed by atoms with Gasteiger partial charge in [0.25, 0.3) is 0 Å². The number of carbonyl (C=O) groups is 4. The van der Waals surface area contributed by atoms with Gasteiger partial charge < -0.3 is 20.4 Å². The minimum atomic E-state index is -1.41. The van der Waals surface area contributed by atoms with E-state index in [-0.39, 0.29) is 59.6 Å². The quantitative estimate of drug-likeness (QED) is 0.375. The molecule has 0 saturated heterocycles. The van der Waals surface area contributed by atoms with Gasteiger partial charge in [-0.25, -0.2) is 14.4 Å². The Kier molecular flexibility index (Phi) is 9.92. The number of hydrogen-bond donors (Lipinski definition) is 4. The van der Waals surface area contributed by atoms with Crippen LogP contribution in [0.4, 0.5) is 0 Å². The number of rotatable bonds is 10. The number of benzene rings is 2. The van der Waals surface area contributed by atoms with Gasteiger partial charge in [-0.2, -0.15) is 0 Å². The molecule has 0 atom stereocenters. The smallest absolute Gasteiger partial charge is 0.336 e. The van der Waals surface area contributed by atoms with Crippen LogP contribution in [0, 0.1) is 0 Å². The molecule has 0 amide bonds. The number of halogens is 3. The highest BCUT2D eigenvalue weighted by Crippen LogP contribution is 2.29. The number of carboxylic acids is 4. The summed E-state index contributed by atoms with van der Waals surface area (Å²) in [4.78, 5) is 46.4. The summed E-state index contributed by atoms with van der Waals surface area (Å²) < 4.78 is 0. The van der Waals surface area contributed by atoms with Crippen molar-refractivity contribution in [1.29, 1.82) is 0 Å². The Morgan fingerprint density at radius 2 is 1.34 bits per heavy atom. The van der Waals surface area contributed by atoms with Crippen LogP contribution in [0.15, 0.2) is 30.3 Å². The summed E-state index contributed by atoms with van der Waals surface area (Å²) in [6, 6.07) is 6.25. The van der Waals surface area contributed by atoms with E-state index in [1.807, 2.05) is 0 Å². The van der Waals surface area contributed by atoms with E-state index in [0.717, 1.165) is 6.07 Å². The lowest BCUT2D eigenvalue weighted by Crippen LogP contribution is -2.26. The first-order valence-corrected chi connectivity index (χ1v) is 9.50. The summed E-state index contributed by atoms with van der Waals surface area (Å²) in [6.45, 7) is 0.167. The van der Waals surface area contributed by atoms with Crippen LogP contribution in [-0.4, -0.2) is 55.7 Å². The highest BCUT2D eigenvalue weighted by molar-refractivity contribution is 6.36. The first kappa shape index (κ1) is 27.2. The summed E-state index contributed by atoms with van der Waals surface area (Å²) >= 11 is 12.4. The molecule has 0 unspecified atom stereocenters. The summed E-state index contributed by atoms with van der Waals surface area (Å²) in [6.07, 6.45) is -0.235. The van der Waals surface area contributed by atoms with Gasteiger partial charge in [0.2, 0.25) is 0 Å². The molecule has 4 N–H and O–H groups in total. The van der Waals surface area contributed by atoms with Gasteiger partial charge in [-0.3, -0.25) is 9.69 Å².